The minimum absolute atomic E-state index is 0.0335. The van der Waals surface area contributed by atoms with Gasteiger partial charge in [-0.1, -0.05) is 18.2 Å². The number of carbonyl (C=O) groups excluding carboxylic acids is 2. The lowest BCUT2D eigenvalue weighted by Gasteiger charge is -2.21. The van der Waals surface area contributed by atoms with Crippen molar-refractivity contribution >= 4 is 11.8 Å². The van der Waals surface area contributed by atoms with E-state index in [4.69, 9.17) is 0 Å². The smallest absolute Gasteiger partial charge is 0.405 e. The molecular weight excluding hydrogens is 421 g/mol. The number of amides is 2. The zero-order chi connectivity index (χ0) is 23.3. The van der Waals surface area contributed by atoms with E-state index >= 15 is 0 Å². The van der Waals surface area contributed by atoms with Crippen LogP contribution in [0.5, 0.6) is 5.75 Å². The lowest BCUT2D eigenvalue weighted by Crippen LogP contribution is -2.44. The molecule has 0 unspecified atom stereocenters. The Labute approximate surface area is 174 Å². The summed E-state index contributed by atoms with van der Waals surface area (Å²) in [5.74, 6) is -1.86. The SMILES string of the molecule is CC(C)N(C)C(=O)Cn1c(=O)cc(C(=O)NCc2ccccc2OC(F)(F)F)[nH]c1=O. The Balaban J connectivity index is 2.15. The number of rotatable bonds is 7. The molecule has 1 aromatic heterocycles. The highest BCUT2D eigenvalue weighted by Crippen LogP contribution is 2.26. The van der Waals surface area contributed by atoms with E-state index in [1.54, 1.807) is 13.8 Å². The molecule has 1 heterocycles. The van der Waals surface area contributed by atoms with Crippen molar-refractivity contribution in [2.75, 3.05) is 7.05 Å². The fraction of sp³-hybridized carbons (Fsp3) is 0.368. The number of para-hydroxylation sites is 1. The monoisotopic (exact) mass is 442 g/mol. The molecule has 12 heteroatoms. The van der Waals surface area contributed by atoms with E-state index < -0.39 is 47.4 Å². The highest BCUT2D eigenvalue weighted by Gasteiger charge is 2.32. The van der Waals surface area contributed by atoms with E-state index in [9.17, 15) is 32.3 Å². The number of H-pyrrole nitrogens is 1. The first-order chi connectivity index (χ1) is 14.4. The van der Waals surface area contributed by atoms with Gasteiger partial charge in [0.2, 0.25) is 5.91 Å². The molecule has 0 aliphatic heterocycles. The molecular formula is C19H21F3N4O5. The Bertz CT molecular complexity index is 1040. The Morgan fingerprint density at radius 2 is 1.87 bits per heavy atom. The third-order valence-corrected chi connectivity index (χ3v) is 4.36. The van der Waals surface area contributed by atoms with Gasteiger partial charge in [0.15, 0.2) is 0 Å². The zero-order valence-electron chi connectivity index (χ0n) is 16.9. The zero-order valence-corrected chi connectivity index (χ0v) is 16.9. The number of alkyl halides is 3. The van der Waals surface area contributed by atoms with Crippen molar-refractivity contribution in [3.05, 3.63) is 62.4 Å². The fourth-order valence-corrected chi connectivity index (χ4v) is 2.47. The predicted octanol–water partition coefficient (Wildman–Crippen LogP) is 1.23. The summed E-state index contributed by atoms with van der Waals surface area (Å²) in [7, 11) is 1.52. The van der Waals surface area contributed by atoms with Crippen LogP contribution in [0.15, 0.2) is 39.9 Å². The molecule has 1 aromatic carbocycles. The van der Waals surface area contributed by atoms with Gasteiger partial charge in [0.25, 0.3) is 11.5 Å². The molecule has 0 aliphatic carbocycles. The number of ether oxygens (including phenoxy) is 1. The van der Waals surface area contributed by atoms with Crippen molar-refractivity contribution in [1.29, 1.82) is 0 Å². The van der Waals surface area contributed by atoms with Crippen LogP contribution in [0, 0.1) is 0 Å². The van der Waals surface area contributed by atoms with E-state index in [-0.39, 0.29) is 18.2 Å². The molecule has 0 fully saturated rings. The molecule has 2 amide bonds. The van der Waals surface area contributed by atoms with Crippen molar-refractivity contribution in [2.24, 2.45) is 0 Å². The number of benzene rings is 1. The highest BCUT2D eigenvalue weighted by molar-refractivity contribution is 5.92. The normalized spacial score (nSPS) is 11.3. The summed E-state index contributed by atoms with van der Waals surface area (Å²) in [5, 5.41) is 2.31. The van der Waals surface area contributed by atoms with E-state index in [2.05, 4.69) is 15.0 Å². The average Bonchev–Trinajstić information content (AvgIpc) is 2.67. The third kappa shape index (κ3) is 6.46. The summed E-state index contributed by atoms with van der Waals surface area (Å²) in [4.78, 5) is 52.4. The van der Waals surface area contributed by atoms with Crippen LogP contribution in [-0.2, 0) is 17.9 Å². The molecule has 0 aliphatic rings. The molecule has 2 aromatic rings. The number of halogens is 3. The summed E-state index contributed by atoms with van der Waals surface area (Å²) in [5.41, 5.74) is -2.21. The maximum absolute atomic E-state index is 12.5. The van der Waals surface area contributed by atoms with Crippen molar-refractivity contribution in [2.45, 2.75) is 39.3 Å². The molecule has 0 bridgehead atoms. The number of likely N-dealkylation sites (N-methyl/N-ethyl adjacent to an activating group) is 1. The number of nitrogens with one attached hydrogen (secondary N) is 2. The molecule has 0 spiro atoms. The van der Waals surface area contributed by atoms with Crippen molar-refractivity contribution < 1.29 is 27.5 Å². The number of nitrogens with zero attached hydrogens (tertiary/aromatic N) is 2. The maximum Gasteiger partial charge on any atom is 0.573 e. The summed E-state index contributed by atoms with van der Waals surface area (Å²) in [6.07, 6.45) is -4.91. The second-order valence-corrected chi connectivity index (χ2v) is 6.85. The molecule has 0 atom stereocenters. The Kier molecular flexibility index (Phi) is 7.26. The number of hydrogen-bond acceptors (Lipinski definition) is 5. The second-order valence-electron chi connectivity index (χ2n) is 6.85. The van der Waals surface area contributed by atoms with Gasteiger partial charge in [0.05, 0.1) is 0 Å². The summed E-state index contributed by atoms with van der Waals surface area (Å²) in [6.45, 7) is 2.66. The standard InChI is InChI=1S/C19H21F3N4O5/c1-11(2)25(3)16(28)10-26-15(27)8-13(24-18(26)30)17(29)23-9-12-6-4-5-7-14(12)31-19(20,21)22/h4-8,11H,9-10H2,1-3H3,(H,23,29)(H,24,30). The molecule has 168 valence electrons. The van der Waals surface area contributed by atoms with E-state index in [0.717, 1.165) is 12.1 Å². The number of aromatic nitrogens is 2. The largest absolute Gasteiger partial charge is 0.573 e. The molecule has 2 rings (SSSR count). The quantitative estimate of drug-likeness (QED) is 0.670. The Morgan fingerprint density at radius 1 is 1.23 bits per heavy atom. The van der Waals surface area contributed by atoms with Gasteiger partial charge in [-0.25, -0.2) is 4.79 Å². The second kappa shape index (κ2) is 9.49. The molecule has 9 nitrogen and oxygen atoms in total. The van der Waals surface area contributed by atoms with E-state index in [0.29, 0.717) is 4.57 Å². The molecule has 0 radical (unpaired) electrons. The van der Waals surface area contributed by atoms with Crippen LogP contribution >= 0.6 is 0 Å². The van der Waals surface area contributed by atoms with Gasteiger partial charge in [-0.15, -0.1) is 13.2 Å². The first kappa shape index (κ1) is 23.7. The Hall–Kier alpha value is -3.57. The van der Waals surface area contributed by atoms with E-state index in [1.807, 2.05) is 0 Å². The average molecular weight is 442 g/mol. The van der Waals surface area contributed by atoms with Gasteiger partial charge in [-0.2, -0.15) is 0 Å². The number of aromatic amines is 1. The molecule has 31 heavy (non-hydrogen) atoms. The molecule has 0 saturated carbocycles. The lowest BCUT2D eigenvalue weighted by atomic mass is 10.2. The number of carbonyl (C=O) groups is 2. The van der Waals surface area contributed by atoms with Crippen LogP contribution in [0.25, 0.3) is 0 Å². The molecule has 0 saturated heterocycles. The maximum atomic E-state index is 12.5. The molecule has 2 N–H and O–H groups in total. The van der Waals surface area contributed by atoms with E-state index in [1.165, 1.54) is 30.1 Å². The third-order valence-electron chi connectivity index (χ3n) is 4.36. The van der Waals surface area contributed by atoms with Crippen LogP contribution in [0.3, 0.4) is 0 Å². The first-order valence-electron chi connectivity index (χ1n) is 9.10. The van der Waals surface area contributed by atoms with Crippen LogP contribution in [0.2, 0.25) is 0 Å². The fourth-order valence-electron chi connectivity index (χ4n) is 2.47. The summed E-state index contributed by atoms with van der Waals surface area (Å²) >= 11 is 0. The summed E-state index contributed by atoms with van der Waals surface area (Å²) < 4.78 is 42.0. The van der Waals surface area contributed by atoms with Crippen molar-refractivity contribution in [3.63, 3.8) is 0 Å². The van der Waals surface area contributed by atoms with Crippen LogP contribution < -0.4 is 21.3 Å². The summed E-state index contributed by atoms with van der Waals surface area (Å²) in [6, 6.07) is 5.89. The highest BCUT2D eigenvalue weighted by atomic mass is 19.4. The van der Waals surface area contributed by atoms with Gasteiger partial charge < -0.3 is 19.9 Å². The van der Waals surface area contributed by atoms with Crippen molar-refractivity contribution in [1.82, 2.24) is 19.8 Å². The topological polar surface area (TPSA) is 114 Å². The van der Waals surface area contributed by atoms with Crippen LogP contribution in [0.4, 0.5) is 13.2 Å². The van der Waals surface area contributed by atoms with Gasteiger partial charge in [-0.3, -0.25) is 19.0 Å². The minimum atomic E-state index is -4.91. The minimum Gasteiger partial charge on any atom is -0.405 e. The Morgan fingerprint density at radius 3 is 2.45 bits per heavy atom. The van der Waals surface area contributed by atoms with Crippen LogP contribution in [0.1, 0.15) is 29.9 Å². The van der Waals surface area contributed by atoms with Gasteiger partial charge >= 0.3 is 12.1 Å². The first-order valence-corrected chi connectivity index (χ1v) is 9.10. The number of hydrogen-bond donors (Lipinski definition) is 2. The van der Waals surface area contributed by atoms with Gasteiger partial charge in [0.1, 0.15) is 18.0 Å². The van der Waals surface area contributed by atoms with Gasteiger partial charge in [-0.05, 0) is 19.9 Å². The van der Waals surface area contributed by atoms with Crippen molar-refractivity contribution in [3.8, 4) is 5.75 Å². The lowest BCUT2D eigenvalue weighted by molar-refractivity contribution is -0.274. The van der Waals surface area contributed by atoms with Crippen LogP contribution in [-0.4, -0.2) is 45.7 Å². The predicted molar refractivity (Wildman–Crippen MR) is 104 cm³/mol. The van der Waals surface area contributed by atoms with Gasteiger partial charge in [0, 0.05) is 31.3 Å².